The number of piperidine rings is 1. The number of rotatable bonds is 13. The van der Waals surface area contributed by atoms with E-state index in [4.69, 9.17) is 18.9 Å². The number of anilines is 1. The van der Waals surface area contributed by atoms with E-state index in [9.17, 15) is 43.2 Å². The Balaban J connectivity index is 1.08. The second-order valence-electron chi connectivity index (χ2n) is 27.1. The van der Waals surface area contributed by atoms with E-state index in [2.05, 4.69) is 21.3 Å². The summed E-state index contributed by atoms with van der Waals surface area (Å²) in [4.78, 5) is 162. The Morgan fingerprint density at radius 2 is 1.31 bits per heavy atom. The Labute approximate surface area is 591 Å². The first-order chi connectivity index (χ1) is 48.4. The maximum absolute atomic E-state index is 15.3. The molecule has 0 spiro atoms. The van der Waals surface area contributed by atoms with Crippen LogP contribution in [0.25, 0.3) is 0 Å². The van der Waals surface area contributed by atoms with Crippen molar-refractivity contribution in [2.45, 2.75) is 160 Å². The molecule has 0 aliphatic carbocycles. The summed E-state index contributed by atoms with van der Waals surface area (Å²) in [5.74, 6) is -5.81. The number of benzene rings is 5. The van der Waals surface area contributed by atoms with Crippen molar-refractivity contribution >= 4 is 70.7 Å². The van der Waals surface area contributed by atoms with Gasteiger partial charge in [0.15, 0.2) is 11.5 Å². The number of Topliss-reactive ketones (excluding diaryl/α,β-unsaturated/α-hetero) is 1. The lowest BCUT2D eigenvalue weighted by Gasteiger charge is -2.36. The standard InChI is InChI=1S/C78H96N8O15/c1-51(2)45-62-74(94)83(5)42-19-10-9-17-31-68(89)100-50-78(3,4)70(90)76(96)86-43-20-18-29-61(86)77(97)101-63(38-36-53-37-39-64(98-7)65(47-53)99-8)57-27-21-28-58(48-57)80-66(87)40-41-67(88)82-69(55-23-13-11-14-24-55)72(92)81-59(73(93)85-44-22-30-60(85)75(95)84(62)6)46-52-32-34-54(35-33-52)49-79-71(91)56-25-15-12-16-26-56/h11-17,21,23-28,31-35,37,39,47-48,51,59-63,69H,9-10,18-20,22,29-30,36,38,40-46,49-50H2,1-8H3,(H,79,91)(H,80,87)(H,81,92)(H,82,88)/b31-17+/t59-,60+,61-,62-,63+,69-/m0/s1. The minimum Gasteiger partial charge on any atom is -0.493 e. The number of aryl methyl sites for hydroxylation is 1. The second-order valence-corrected chi connectivity index (χ2v) is 27.1. The van der Waals surface area contributed by atoms with Crippen molar-refractivity contribution in [3.05, 3.63) is 173 Å². The molecule has 0 saturated carbocycles. The minimum atomic E-state index is -1.49. The molecule has 2 bridgehead atoms. The van der Waals surface area contributed by atoms with Gasteiger partial charge in [0.05, 0.1) is 19.6 Å². The highest BCUT2D eigenvalue weighted by atomic mass is 16.5. The number of allylic oxidation sites excluding steroid dienone is 1. The van der Waals surface area contributed by atoms with Gasteiger partial charge >= 0.3 is 11.9 Å². The Bertz CT molecular complexity index is 3770. The molecule has 3 heterocycles. The molecule has 5 aromatic rings. The number of carbonyl (C=O) groups excluding carboxylic acids is 11. The van der Waals surface area contributed by atoms with E-state index in [-0.39, 0.29) is 75.9 Å². The van der Waals surface area contributed by atoms with Gasteiger partial charge in [-0.25, -0.2) is 9.59 Å². The van der Waals surface area contributed by atoms with Crippen LogP contribution < -0.4 is 30.7 Å². The number of carbonyl (C=O) groups is 11. The molecule has 3 aliphatic heterocycles. The number of ketones is 1. The zero-order valence-electron chi connectivity index (χ0n) is 59.2. The molecule has 0 radical (unpaired) electrons. The van der Waals surface area contributed by atoms with Crippen LogP contribution in [0.15, 0.2) is 140 Å². The van der Waals surface area contributed by atoms with Gasteiger partial charge in [0, 0.05) is 76.9 Å². The maximum atomic E-state index is 15.3. The Hall–Kier alpha value is -10.2. The molecule has 8 rings (SSSR count). The molecule has 23 heteroatoms. The SMILES string of the molecule is COc1ccc(CC[C@H]2OC(=O)[C@@H]3CCCCN3C(=O)C(=O)C(C)(C)COC(=O)/C=C/CCCCN(C)C(=O)[C@H](CC(C)C)N(C)C(=O)[C@H]3CCCN3C(=O)[C@H](Cc3ccc(CNC(=O)c4ccccc4)cc3)NC(=O)[C@H](c3ccccc3)NC(=O)CCC(=O)Nc3cccc2c3)cc1OC. The van der Waals surface area contributed by atoms with Crippen LogP contribution in [0.1, 0.15) is 155 Å². The highest BCUT2D eigenvalue weighted by Gasteiger charge is 2.44. The molecule has 4 N–H and O–H groups in total. The van der Waals surface area contributed by atoms with E-state index in [0.29, 0.717) is 97.4 Å². The molecule has 23 nitrogen and oxygen atoms in total. The zero-order valence-corrected chi connectivity index (χ0v) is 59.2. The predicted octanol–water partition coefficient (Wildman–Crippen LogP) is 8.74. The molecule has 5 aromatic carbocycles. The van der Waals surface area contributed by atoms with Crippen LogP contribution in [0.2, 0.25) is 0 Å². The summed E-state index contributed by atoms with van der Waals surface area (Å²) in [5.41, 5.74) is 2.40. The van der Waals surface area contributed by atoms with Crippen LogP contribution in [0.3, 0.4) is 0 Å². The number of likely N-dealkylation sites (N-methyl/N-ethyl adjacent to an activating group) is 2. The Kier molecular flexibility index (Phi) is 27.9. The summed E-state index contributed by atoms with van der Waals surface area (Å²) in [6, 6.07) is 30.8. The van der Waals surface area contributed by atoms with Crippen LogP contribution in [0.5, 0.6) is 11.5 Å². The second kappa shape index (κ2) is 36.8. The van der Waals surface area contributed by atoms with Crippen LogP contribution in [-0.4, -0.2) is 163 Å². The summed E-state index contributed by atoms with van der Waals surface area (Å²) >= 11 is 0. The number of hydrogen-bond donors (Lipinski definition) is 4. The van der Waals surface area contributed by atoms with Gasteiger partial charge in [0.2, 0.25) is 41.2 Å². The fourth-order valence-electron chi connectivity index (χ4n) is 12.8. The van der Waals surface area contributed by atoms with Gasteiger partial charge in [-0.05, 0) is 155 Å². The molecule has 0 unspecified atom stereocenters. The lowest BCUT2D eigenvalue weighted by molar-refractivity contribution is -0.165. The number of cyclic esters (lactones) is 2. The highest BCUT2D eigenvalue weighted by molar-refractivity contribution is 6.38. The number of nitrogens with one attached hydrogen (secondary N) is 4. The smallest absolute Gasteiger partial charge is 0.330 e. The van der Waals surface area contributed by atoms with Crippen LogP contribution in [0, 0.1) is 11.3 Å². The number of nitrogens with zero attached hydrogens (tertiary/aromatic N) is 4. The fourth-order valence-corrected chi connectivity index (χ4v) is 12.8. The molecular formula is C78H96N8O15. The van der Waals surface area contributed by atoms with Gasteiger partial charge in [-0.3, -0.25) is 43.2 Å². The summed E-state index contributed by atoms with van der Waals surface area (Å²) in [5, 5.41) is 11.5. The quantitative estimate of drug-likeness (QED) is 0.0633. The molecule has 0 aromatic heterocycles. The Morgan fingerprint density at radius 3 is 2.02 bits per heavy atom. The van der Waals surface area contributed by atoms with Gasteiger partial charge in [-0.2, -0.15) is 0 Å². The van der Waals surface area contributed by atoms with E-state index in [1.165, 1.54) is 48.8 Å². The molecule has 2 fully saturated rings. The number of esters is 2. The summed E-state index contributed by atoms with van der Waals surface area (Å²) in [6.07, 6.45) is 5.60. The third-order valence-corrected chi connectivity index (χ3v) is 18.6. The first kappa shape index (κ1) is 76.6. The van der Waals surface area contributed by atoms with Crippen molar-refractivity contribution in [2.24, 2.45) is 11.3 Å². The number of fused-ring (bicyclic) bond motifs is 4. The van der Waals surface area contributed by atoms with Gasteiger partial charge in [-0.15, -0.1) is 0 Å². The average molecular weight is 1390 g/mol. The van der Waals surface area contributed by atoms with Crippen LogP contribution in [0.4, 0.5) is 5.69 Å². The lowest BCUT2D eigenvalue weighted by Crippen LogP contribution is -2.58. The normalized spacial score (nSPS) is 22.1. The van der Waals surface area contributed by atoms with Crippen molar-refractivity contribution in [3.8, 4) is 11.5 Å². The van der Waals surface area contributed by atoms with E-state index in [1.807, 2.05) is 32.0 Å². The molecule has 538 valence electrons. The monoisotopic (exact) mass is 1380 g/mol. The first-order valence-corrected chi connectivity index (χ1v) is 34.8. The van der Waals surface area contributed by atoms with Gasteiger partial charge in [0.25, 0.3) is 11.8 Å². The van der Waals surface area contributed by atoms with Crippen molar-refractivity contribution in [2.75, 3.05) is 59.9 Å². The number of hydrogen-bond acceptors (Lipinski definition) is 15. The summed E-state index contributed by atoms with van der Waals surface area (Å²) in [7, 11) is 6.28. The van der Waals surface area contributed by atoms with Gasteiger partial charge < -0.3 is 59.8 Å². The third-order valence-electron chi connectivity index (χ3n) is 18.6. The van der Waals surface area contributed by atoms with E-state index in [0.717, 1.165) is 11.1 Å². The first-order valence-electron chi connectivity index (χ1n) is 34.8. The highest BCUT2D eigenvalue weighted by Crippen LogP contribution is 2.34. The third kappa shape index (κ3) is 21.4. The van der Waals surface area contributed by atoms with Crippen molar-refractivity contribution < 1.29 is 71.7 Å². The summed E-state index contributed by atoms with van der Waals surface area (Å²) < 4.78 is 22.9. The molecule has 3 aliphatic rings. The van der Waals surface area contributed by atoms with Gasteiger partial charge in [-0.1, -0.05) is 111 Å². The van der Waals surface area contributed by atoms with Crippen molar-refractivity contribution in [3.63, 3.8) is 0 Å². The fraction of sp³-hybridized carbons (Fsp3) is 0.449. The molecule has 2 saturated heterocycles. The zero-order chi connectivity index (χ0) is 72.8. The molecule has 8 amide bonds. The van der Waals surface area contributed by atoms with Crippen molar-refractivity contribution in [1.82, 2.24) is 35.6 Å². The van der Waals surface area contributed by atoms with Gasteiger partial charge in [0.1, 0.15) is 42.9 Å². The number of ether oxygens (including phenoxy) is 4. The van der Waals surface area contributed by atoms with Crippen LogP contribution in [-0.2, 0) is 76.8 Å². The molecular weight excluding hydrogens is 1290 g/mol. The minimum absolute atomic E-state index is 0.0169. The Morgan fingerprint density at radius 1 is 0.653 bits per heavy atom. The topological polar surface area (TPSA) is 286 Å². The van der Waals surface area contributed by atoms with Crippen molar-refractivity contribution in [1.29, 1.82) is 0 Å². The number of methoxy groups -OCH3 is 2. The lowest BCUT2D eigenvalue weighted by atomic mass is 9.87. The largest absolute Gasteiger partial charge is 0.493 e. The van der Waals surface area contributed by atoms with E-state index in [1.54, 1.807) is 134 Å². The number of amides is 8. The predicted molar refractivity (Wildman–Crippen MR) is 378 cm³/mol. The summed E-state index contributed by atoms with van der Waals surface area (Å²) in [6.45, 7) is 7.25. The molecule has 6 atom stereocenters. The maximum Gasteiger partial charge on any atom is 0.330 e. The van der Waals surface area contributed by atoms with E-state index >= 15 is 9.59 Å². The van der Waals surface area contributed by atoms with E-state index < -0.39 is 101 Å². The molecule has 101 heavy (non-hydrogen) atoms. The van der Waals surface area contributed by atoms with Crippen LogP contribution >= 0.6 is 0 Å². The average Bonchev–Trinajstić information content (AvgIpc) is 1.81.